The lowest BCUT2D eigenvalue weighted by Crippen LogP contribution is -2.23. The molecule has 1 N–H and O–H groups in total. The summed E-state index contributed by atoms with van der Waals surface area (Å²) in [5.41, 5.74) is 2.95. The molecular formula is C20H35NO. The maximum Gasteiger partial charge on any atom is 0.122 e. The smallest absolute Gasteiger partial charge is 0.122 e. The van der Waals surface area contributed by atoms with E-state index in [1.165, 1.54) is 36.8 Å². The predicted molar refractivity (Wildman–Crippen MR) is 97.0 cm³/mol. The number of rotatable bonds is 9. The fourth-order valence-corrected chi connectivity index (χ4v) is 2.63. The van der Waals surface area contributed by atoms with Crippen molar-refractivity contribution in [2.75, 3.05) is 13.7 Å². The molecule has 1 rings (SSSR count). The van der Waals surface area contributed by atoms with Gasteiger partial charge in [0.05, 0.1) is 7.11 Å². The van der Waals surface area contributed by atoms with Crippen LogP contribution in [-0.2, 0) is 11.8 Å². The summed E-state index contributed by atoms with van der Waals surface area (Å²) in [4.78, 5) is 0. The van der Waals surface area contributed by atoms with Gasteiger partial charge in [-0.15, -0.1) is 0 Å². The molecule has 0 amide bonds. The normalized spacial score (nSPS) is 12.0. The zero-order chi connectivity index (χ0) is 16.6. The maximum absolute atomic E-state index is 5.52. The third-order valence-corrected chi connectivity index (χ3v) is 4.07. The highest BCUT2D eigenvalue weighted by Crippen LogP contribution is 2.29. The maximum atomic E-state index is 5.52. The SMILES string of the molecule is COc1ccc(C(C)(C)C)cc1CCCCCCNC(C)C. The number of ether oxygens (including phenoxy) is 1. The monoisotopic (exact) mass is 305 g/mol. The van der Waals surface area contributed by atoms with Crippen molar-refractivity contribution in [2.45, 2.75) is 78.2 Å². The van der Waals surface area contributed by atoms with E-state index in [-0.39, 0.29) is 5.41 Å². The molecule has 2 nitrogen and oxygen atoms in total. The van der Waals surface area contributed by atoms with Crippen LogP contribution in [-0.4, -0.2) is 19.7 Å². The first kappa shape index (κ1) is 19.0. The minimum atomic E-state index is 0.198. The predicted octanol–water partition coefficient (Wildman–Crippen LogP) is 5.09. The van der Waals surface area contributed by atoms with Crippen molar-refractivity contribution in [3.63, 3.8) is 0 Å². The molecule has 0 unspecified atom stereocenters. The van der Waals surface area contributed by atoms with Gasteiger partial charge in [-0.25, -0.2) is 0 Å². The molecule has 126 valence electrons. The molecule has 0 saturated heterocycles. The third-order valence-electron chi connectivity index (χ3n) is 4.07. The molecule has 0 fully saturated rings. The Morgan fingerprint density at radius 2 is 1.73 bits per heavy atom. The average Bonchev–Trinajstić information content (AvgIpc) is 2.44. The van der Waals surface area contributed by atoms with E-state index in [0.717, 1.165) is 18.7 Å². The first-order chi connectivity index (χ1) is 10.3. The Labute approximate surface area is 137 Å². The lowest BCUT2D eigenvalue weighted by atomic mass is 9.85. The first-order valence-electron chi connectivity index (χ1n) is 8.75. The summed E-state index contributed by atoms with van der Waals surface area (Å²) < 4.78 is 5.52. The Morgan fingerprint density at radius 3 is 2.32 bits per heavy atom. The van der Waals surface area contributed by atoms with E-state index in [9.17, 15) is 0 Å². The summed E-state index contributed by atoms with van der Waals surface area (Å²) in [6.07, 6.45) is 6.23. The minimum absolute atomic E-state index is 0.198. The van der Waals surface area contributed by atoms with Crippen molar-refractivity contribution in [3.05, 3.63) is 29.3 Å². The molecule has 22 heavy (non-hydrogen) atoms. The van der Waals surface area contributed by atoms with E-state index in [0.29, 0.717) is 6.04 Å². The summed E-state index contributed by atoms with van der Waals surface area (Å²) in [6.45, 7) is 12.3. The third kappa shape index (κ3) is 6.83. The summed E-state index contributed by atoms with van der Waals surface area (Å²) in [5.74, 6) is 1.04. The summed E-state index contributed by atoms with van der Waals surface area (Å²) >= 11 is 0. The second kappa shape index (κ2) is 9.19. The molecule has 0 aliphatic carbocycles. The quantitative estimate of drug-likeness (QED) is 0.641. The van der Waals surface area contributed by atoms with Gasteiger partial charge in [-0.3, -0.25) is 0 Å². The fraction of sp³-hybridized carbons (Fsp3) is 0.700. The Bertz CT molecular complexity index is 432. The topological polar surface area (TPSA) is 21.3 Å². The summed E-state index contributed by atoms with van der Waals surface area (Å²) in [5, 5.41) is 3.48. The molecule has 0 atom stereocenters. The molecule has 0 aromatic heterocycles. The van der Waals surface area contributed by atoms with Crippen LogP contribution < -0.4 is 10.1 Å². The zero-order valence-corrected chi connectivity index (χ0v) is 15.5. The highest BCUT2D eigenvalue weighted by Gasteiger charge is 2.15. The van der Waals surface area contributed by atoms with Gasteiger partial charge >= 0.3 is 0 Å². The van der Waals surface area contributed by atoms with Gasteiger partial charge < -0.3 is 10.1 Å². The largest absolute Gasteiger partial charge is 0.496 e. The molecule has 1 aromatic carbocycles. The molecule has 0 radical (unpaired) electrons. The second-order valence-electron chi connectivity index (χ2n) is 7.55. The highest BCUT2D eigenvalue weighted by atomic mass is 16.5. The van der Waals surface area contributed by atoms with Crippen LogP contribution in [0.1, 0.15) is 71.4 Å². The lowest BCUT2D eigenvalue weighted by Gasteiger charge is -2.21. The van der Waals surface area contributed by atoms with E-state index in [1.807, 2.05) is 0 Å². The molecule has 1 aromatic rings. The lowest BCUT2D eigenvalue weighted by molar-refractivity contribution is 0.408. The van der Waals surface area contributed by atoms with Crippen molar-refractivity contribution in [1.82, 2.24) is 5.32 Å². The van der Waals surface area contributed by atoms with E-state index < -0.39 is 0 Å². The molecular weight excluding hydrogens is 270 g/mol. The van der Waals surface area contributed by atoms with Crippen molar-refractivity contribution in [1.29, 1.82) is 0 Å². The average molecular weight is 306 g/mol. The Kier molecular flexibility index (Phi) is 7.95. The molecule has 0 aliphatic rings. The summed E-state index contributed by atoms with van der Waals surface area (Å²) in [7, 11) is 1.77. The second-order valence-corrected chi connectivity index (χ2v) is 7.55. The van der Waals surface area contributed by atoms with Crippen LogP contribution in [0.4, 0.5) is 0 Å². The number of unbranched alkanes of at least 4 members (excludes halogenated alkanes) is 3. The van der Waals surface area contributed by atoms with Crippen molar-refractivity contribution in [3.8, 4) is 5.75 Å². The molecule has 0 bridgehead atoms. The van der Waals surface area contributed by atoms with E-state index >= 15 is 0 Å². The van der Waals surface area contributed by atoms with Gasteiger partial charge in [-0.1, -0.05) is 59.6 Å². The van der Waals surface area contributed by atoms with Crippen molar-refractivity contribution >= 4 is 0 Å². The van der Waals surface area contributed by atoms with Crippen LogP contribution in [0.3, 0.4) is 0 Å². The van der Waals surface area contributed by atoms with Crippen molar-refractivity contribution in [2.24, 2.45) is 0 Å². The molecule has 0 saturated carbocycles. The zero-order valence-electron chi connectivity index (χ0n) is 15.5. The van der Waals surface area contributed by atoms with Crippen LogP contribution in [0.2, 0.25) is 0 Å². The van der Waals surface area contributed by atoms with E-state index in [1.54, 1.807) is 7.11 Å². The highest BCUT2D eigenvalue weighted by molar-refractivity contribution is 5.39. The number of hydrogen-bond donors (Lipinski definition) is 1. The van der Waals surface area contributed by atoms with Gasteiger partial charge in [0.25, 0.3) is 0 Å². The molecule has 0 heterocycles. The number of nitrogens with one attached hydrogen (secondary N) is 1. The van der Waals surface area contributed by atoms with Gasteiger partial charge in [0.15, 0.2) is 0 Å². The van der Waals surface area contributed by atoms with Gasteiger partial charge in [-0.2, -0.15) is 0 Å². The van der Waals surface area contributed by atoms with Gasteiger partial charge in [0.2, 0.25) is 0 Å². The van der Waals surface area contributed by atoms with E-state index in [4.69, 9.17) is 4.74 Å². The van der Waals surface area contributed by atoms with Gasteiger partial charge in [-0.05, 0) is 48.4 Å². The minimum Gasteiger partial charge on any atom is -0.496 e. The first-order valence-corrected chi connectivity index (χ1v) is 8.75. The number of benzene rings is 1. The fourth-order valence-electron chi connectivity index (χ4n) is 2.63. The molecule has 0 aliphatic heterocycles. The van der Waals surface area contributed by atoms with Crippen LogP contribution in [0, 0.1) is 0 Å². The summed E-state index contributed by atoms with van der Waals surface area (Å²) in [6, 6.07) is 7.26. The van der Waals surface area contributed by atoms with Gasteiger partial charge in [0.1, 0.15) is 5.75 Å². The number of hydrogen-bond acceptors (Lipinski definition) is 2. The molecule has 2 heteroatoms. The Balaban J connectivity index is 2.44. The number of methoxy groups -OCH3 is 1. The van der Waals surface area contributed by atoms with Crippen LogP contribution >= 0.6 is 0 Å². The van der Waals surface area contributed by atoms with Crippen LogP contribution in [0.5, 0.6) is 5.75 Å². The number of aryl methyl sites for hydroxylation is 1. The Morgan fingerprint density at radius 1 is 1.05 bits per heavy atom. The van der Waals surface area contributed by atoms with Crippen LogP contribution in [0.25, 0.3) is 0 Å². The van der Waals surface area contributed by atoms with Gasteiger partial charge in [0, 0.05) is 6.04 Å². The Hall–Kier alpha value is -1.02. The van der Waals surface area contributed by atoms with Crippen molar-refractivity contribution < 1.29 is 4.74 Å². The molecule has 0 spiro atoms. The van der Waals surface area contributed by atoms with Crippen LogP contribution in [0.15, 0.2) is 18.2 Å². The van der Waals surface area contributed by atoms with E-state index in [2.05, 4.69) is 58.1 Å². The standard InChI is InChI=1S/C20H35NO/c1-16(2)21-14-10-8-7-9-11-17-15-18(20(3,4)5)12-13-19(17)22-6/h12-13,15-16,21H,7-11,14H2,1-6H3.